The monoisotopic (exact) mass is 326 g/mol. The van der Waals surface area contributed by atoms with Gasteiger partial charge in [0.2, 0.25) is 0 Å². The molecule has 0 saturated carbocycles. The van der Waals surface area contributed by atoms with Gasteiger partial charge in [-0.15, -0.1) is 0 Å². The van der Waals surface area contributed by atoms with Crippen LogP contribution in [0.5, 0.6) is 0 Å². The van der Waals surface area contributed by atoms with Crippen molar-refractivity contribution in [1.82, 2.24) is 0 Å². The number of rotatable bonds is 3. The maximum absolute atomic E-state index is 6.37. The normalized spacial score (nSPS) is 12.8. The van der Waals surface area contributed by atoms with Gasteiger partial charge < -0.3 is 4.42 Å². The number of fused-ring (bicyclic) bond motifs is 5. The Bertz CT molecular complexity index is 1140. The first-order valence-electron chi connectivity index (χ1n) is 8.92. The summed E-state index contributed by atoms with van der Waals surface area (Å²) in [5, 5.41) is 4.97. The Morgan fingerprint density at radius 2 is 1.64 bits per heavy atom. The van der Waals surface area contributed by atoms with Crippen molar-refractivity contribution in [2.45, 2.75) is 27.2 Å². The van der Waals surface area contributed by atoms with Crippen molar-refractivity contribution in [1.29, 1.82) is 0 Å². The van der Waals surface area contributed by atoms with Crippen LogP contribution in [0.2, 0.25) is 0 Å². The van der Waals surface area contributed by atoms with Crippen molar-refractivity contribution in [3.05, 3.63) is 77.9 Å². The van der Waals surface area contributed by atoms with Gasteiger partial charge in [0.25, 0.3) is 0 Å². The van der Waals surface area contributed by atoms with E-state index >= 15 is 0 Å². The lowest BCUT2D eigenvalue weighted by Gasteiger charge is -2.13. The summed E-state index contributed by atoms with van der Waals surface area (Å²) in [6.07, 6.45) is 7.56. The average molecular weight is 326 g/mol. The molecule has 0 amide bonds. The number of hydrogen-bond acceptors (Lipinski definition) is 1. The van der Waals surface area contributed by atoms with Gasteiger partial charge in [-0.05, 0) is 48.2 Å². The van der Waals surface area contributed by atoms with E-state index in [1.807, 2.05) is 6.07 Å². The van der Waals surface area contributed by atoms with Crippen molar-refractivity contribution in [3.8, 4) is 0 Å². The Morgan fingerprint density at radius 1 is 0.960 bits per heavy atom. The first kappa shape index (κ1) is 15.7. The molecule has 4 rings (SSSR count). The standard InChI is InChI=1S/C24H22O/c1-4-10-17(11-5-2)22-16(3)18-12-6-7-13-19(18)23-20-14-8-9-15-21(20)25-24(22)23/h4,6-15H,5H2,1-3H3/b10-4-,17-11+. The molecular formula is C24H22O. The molecule has 0 unspecified atom stereocenters. The van der Waals surface area contributed by atoms with E-state index in [4.69, 9.17) is 4.42 Å². The predicted octanol–water partition coefficient (Wildman–Crippen LogP) is 7.42. The summed E-state index contributed by atoms with van der Waals surface area (Å²) >= 11 is 0. The van der Waals surface area contributed by atoms with Crippen LogP contribution in [0.1, 0.15) is 31.4 Å². The Labute approximate surface area is 148 Å². The smallest absolute Gasteiger partial charge is 0.144 e. The van der Waals surface area contributed by atoms with E-state index in [0.717, 1.165) is 17.6 Å². The van der Waals surface area contributed by atoms with E-state index in [0.29, 0.717) is 0 Å². The third-order valence-corrected chi connectivity index (χ3v) is 4.86. The van der Waals surface area contributed by atoms with Crippen LogP contribution in [-0.2, 0) is 0 Å². The van der Waals surface area contributed by atoms with Crippen LogP contribution in [0.15, 0.2) is 71.2 Å². The summed E-state index contributed by atoms with van der Waals surface area (Å²) in [7, 11) is 0. The fraction of sp³-hybridized carbons (Fsp3) is 0.167. The summed E-state index contributed by atoms with van der Waals surface area (Å²) < 4.78 is 6.37. The topological polar surface area (TPSA) is 13.1 Å². The van der Waals surface area contributed by atoms with Gasteiger partial charge in [-0.3, -0.25) is 0 Å². The summed E-state index contributed by atoms with van der Waals surface area (Å²) in [5.74, 6) is 0. The molecule has 4 aromatic rings. The highest BCUT2D eigenvalue weighted by Crippen LogP contribution is 2.41. The molecule has 0 bridgehead atoms. The molecule has 0 atom stereocenters. The third-order valence-electron chi connectivity index (χ3n) is 4.86. The molecule has 0 aliphatic heterocycles. The molecule has 1 nitrogen and oxygen atoms in total. The Morgan fingerprint density at radius 3 is 2.36 bits per heavy atom. The Kier molecular flexibility index (Phi) is 3.93. The zero-order chi connectivity index (χ0) is 17.4. The average Bonchev–Trinajstić information content (AvgIpc) is 3.01. The molecule has 0 spiro atoms. The zero-order valence-corrected chi connectivity index (χ0v) is 15.0. The lowest BCUT2D eigenvalue weighted by atomic mass is 9.90. The third kappa shape index (κ3) is 2.39. The van der Waals surface area contributed by atoms with E-state index in [9.17, 15) is 0 Å². The zero-order valence-electron chi connectivity index (χ0n) is 15.0. The fourth-order valence-electron chi connectivity index (χ4n) is 3.82. The van der Waals surface area contributed by atoms with Crippen molar-refractivity contribution in [3.63, 3.8) is 0 Å². The number of aryl methyl sites for hydroxylation is 1. The predicted molar refractivity (Wildman–Crippen MR) is 109 cm³/mol. The Balaban J connectivity index is 2.28. The van der Waals surface area contributed by atoms with Gasteiger partial charge in [0.15, 0.2) is 0 Å². The molecule has 0 fully saturated rings. The first-order chi connectivity index (χ1) is 12.3. The van der Waals surface area contributed by atoms with Gasteiger partial charge in [0, 0.05) is 16.3 Å². The fourth-order valence-corrected chi connectivity index (χ4v) is 3.82. The van der Waals surface area contributed by atoms with Crippen LogP contribution in [0.25, 0.3) is 38.3 Å². The van der Waals surface area contributed by atoms with E-state index in [-0.39, 0.29) is 0 Å². The highest BCUT2D eigenvalue weighted by Gasteiger charge is 2.19. The van der Waals surface area contributed by atoms with E-state index in [2.05, 4.69) is 81.5 Å². The van der Waals surface area contributed by atoms with Gasteiger partial charge in [0.05, 0.1) is 0 Å². The minimum atomic E-state index is 0.950. The number of allylic oxidation sites excluding steroid dienone is 4. The molecule has 1 aromatic heterocycles. The van der Waals surface area contributed by atoms with E-state index in [1.165, 1.54) is 38.2 Å². The molecule has 0 saturated heterocycles. The van der Waals surface area contributed by atoms with Gasteiger partial charge in [-0.25, -0.2) is 0 Å². The van der Waals surface area contributed by atoms with Crippen molar-refractivity contribution >= 4 is 38.3 Å². The first-order valence-corrected chi connectivity index (χ1v) is 8.92. The molecule has 0 N–H and O–H groups in total. The maximum atomic E-state index is 6.37. The van der Waals surface area contributed by atoms with Gasteiger partial charge in [-0.1, -0.05) is 67.6 Å². The molecule has 25 heavy (non-hydrogen) atoms. The molecule has 0 radical (unpaired) electrons. The second-order valence-corrected chi connectivity index (χ2v) is 6.42. The van der Waals surface area contributed by atoms with E-state index < -0.39 is 0 Å². The lowest BCUT2D eigenvalue weighted by molar-refractivity contribution is 0.667. The van der Waals surface area contributed by atoms with E-state index in [1.54, 1.807) is 0 Å². The van der Waals surface area contributed by atoms with Crippen LogP contribution in [0.4, 0.5) is 0 Å². The molecule has 1 heteroatoms. The number of benzene rings is 3. The van der Waals surface area contributed by atoms with Gasteiger partial charge in [-0.2, -0.15) is 0 Å². The quantitative estimate of drug-likeness (QED) is 0.357. The molecule has 1 heterocycles. The van der Waals surface area contributed by atoms with Gasteiger partial charge in [0.1, 0.15) is 11.2 Å². The lowest BCUT2D eigenvalue weighted by Crippen LogP contribution is -1.91. The minimum Gasteiger partial charge on any atom is -0.455 e. The molecule has 3 aromatic carbocycles. The Hall–Kier alpha value is -2.80. The highest BCUT2D eigenvalue weighted by molar-refractivity contribution is 6.22. The SMILES string of the molecule is C/C=C\C(=C/CC)c1c(C)c2ccccc2c2c1oc1ccccc12. The van der Waals surface area contributed by atoms with Crippen LogP contribution >= 0.6 is 0 Å². The molecule has 0 aliphatic carbocycles. The largest absolute Gasteiger partial charge is 0.455 e. The second-order valence-electron chi connectivity index (χ2n) is 6.42. The molecular weight excluding hydrogens is 304 g/mol. The highest BCUT2D eigenvalue weighted by atomic mass is 16.3. The number of hydrogen-bond donors (Lipinski definition) is 0. The van der Waals surface area contributed by atoms with Crippen LogP contribution in [0.3, 0.4) is 0 Å². The maximum Gasteiger partial charge on any atom is 0.144 e. The molecule has 124 valence electrons. The summed E-state index contributed by atoms with van der Waals surface area (Å²) in [6, 6.07) is 17.0. The summed E-state index contributed by atoms with van der Waals surface area (Å²) in [6.45, 7) is 6.45. The van der Waals surface area contributed by atoms with Crippen molar-refractivity contribution < 1.29 is 4.42 Å². The minimum absolute atomic E-state index is 0.950. The second kappa shape index (κ2) is 6.25. The summed E-state index contributed by atoms with van der Waals surface area (Å²) in [4.78, 5) is 0. The molecule has 0 aliphatic rings. The summed E-state index contributed by atoms with van der Waals surface area (Å²) in [5.41, 5.74) is 5.67. The van der Waals surface area contributed by atoms with Crippen LogP contribution in [0, 0.1) is 6.92 Å². The van der Waals surface area contributed by atoms with Crippen molar-refractivity contribution in [2.75, 3.05) is 0 Å². The number of furan rings is 1. The van der Waals surface area contributed by atoms with Crippen LogP contribution < -0.4 is 0 Å². The number of para-hydroxylation sites is 1. The van der Waals surface area contributed by atoms with Crippen molar-refractivity contribution in [2.24, 2.45) is 0 Å². The van der Waals surface area contributed by atoms with Crippen LogP contribution in [-0.4, -0.2) is 0 Å². The van der Waals surface area contributed by atoms with Gasteiger partial charge >= 0.3 is 0 Å².